The molecule has 0 aliphatic carbocycles. The lowest BCUT2D eigenvalue weighted by atomic mass is 10.3. The van der Waals surface area contributed by atoms with Gasteiger partial charge in [-0.2, -0.15) is 13.2 Å². The zero-order chi connectivity index (χ0) is 9.28. The average molecular weight is 211 g/mol. The number of hydrogen-bond donors (Lipinski definition) is 1. The van der Waals surface area contributed by atoms with Crippen molar-refractivity contribution in [2.45, 2.75) is 16.9 Å². The van der Waals surface area contributed by atoms with E-state index in [1.54, 1.807) is 0 Å². The van der Waals surface area contributed by atoms with E-state index in [2.05, 4.69) is 23.2 Å². The molecule has 0 radical (unpaired) electrons. The molecule has 0 saturated carbocycles. The molecule has 0 aromatic carbocycles. The molecule has 66 valence electrons. The van der Waals surface area contributed by atoms with Gasteiger partial charge in [0.1, 0.15) is 0 Å². The average Bonchev–Trinajstić information content (AvgIpc) is 1.56. The van der Waals surface area contributed by atoms with E-state index < -0.39 is 22.9 Å². The Balaban J connectivity index is 4.34. The molecule has 0 amide bonds. The summed E-state index contributed by atoms with van der Waals surface area (Å²) >= 11 is 9.33. The van der Waals surface area contributed by atoms with Crippen LogP contribution < -0.4 is 0 Å². The Morgan fingerprint density at radius 3 is 1.82 bits per heavy atom. The summed E-state index contributed by atoms with van der Waals surface area (Å²) in [5.74, 6) is -1.70. The first kappa shape index (κ1) is 10.8. The van der Waals surface area contributed by atoms with Gasteiger partial charge >= 0.3 is 12.1 Å². The van der Waals surface area contributed by atoms with Crippen LogP contribution in [0.25, 0.3) is 0 Å². The third-order valence-corrected chi connectivity index (χ3v) is 1.48. The summed E-state index contributed by atoms with van der Waals surface area (Å²) in [4.78, 5) is 9.79. The molecule has 0 aromatic rings. The van der Waals surface area contributed by atoms with E-state index in [1.807, 2.05) is 0 Å². The van der Waals surface area contributed by atoms with Gasteiger partial charge in [-0.1, -0.05) is 23.2 Å². The Bertz CT molecular complexity index is 165. The van der Waals surface area contributed by atoms with Crippen LogP contribution in [0, 0.1) is 0 Å². The lowest BCUT2D eigenvalue weighted by Crippen LogP contribution is -2.36. The van der Waals surface area contributed by atoms with Crippen molar-refractivity contribution in [2.75, 3.05) is 0 Å². The second kappa shape index (κ2) is 3.06. The van der Waals surface area contributed by atoms with E-state index in [9.17, 15) is 18.0 Å². The quantitative estimate of drug-likeness (QED) is 0.710. The first-order chi connectivity index (χ1) is 4.67. The van der Waals surface area contributed by atoms with Crippen LogP contribution in [0.4, 0.5) is 13.2 Å². The Morgan fingerprint density at radius 1 is 1.36 bits per heavy atom. The van der Waals surface area contributed by atoms with Crippen molar-refractivity contribution in [1.82, 2.24) is 0 Å². The summed E-state index contributed by atoms with van der Waals surface area (Å²) in [7, 11) is 0. The Hall–Kier alpha value is -0.160. The van der Waals surface area contributed by atoms with Crippen LogP contribution in [-0.4, -0.2) is 21.6 Å². The van der Waals surface area contributed by atoms with E-state index in [4.69, 9.17) is 5.11 Å². The van der Waals surface area contributed by atoms with Gasteiger partial charge in [-0.3, -0.25) is 4.79 Å². The van der Waals surface area contributed by atoms with Crippen molar-refractivity contribution in [1.29, 1.82) is 0 Å². The van der Waals surface area contributed by atoms with E-state index in [0.29, 0.717) is 0 Å². The van der Waals surface area contributed by atoms with E-state index in [0.717, 1.165) is 0 Å². The van der Waals surface area contributed by atoms with Crippen molar-refractivity contribution in [3.8, 4) is 0 Å². The summed E-state index contributed by atoms with van der Waals surface area (Å²) in [6.45, 7) is 0. The summed E-state index contributed by atoms with van der Waals surface area (Å²) in [6.07, 6.45) is -6.28. The fraction of sp³-hybridized carbons (Fsp3) is 0.750. The monoisotopic (exact) mass is 210 g/mol. The number of rotatable bonds is 2. The van der Waals surface area contributed by atoms with Crippen molar-refractivity contribution in [3.05, 3.63) is 0 Å². The van der Waals surface area contributed by atoms with Gasteiger partial charge in [-0.25, -0.2) is 0 Å². The van der Waals surface area contributed by atoms with Crippen LogP contribution in [0.2, 0.25) is 0 Å². The van der Waals surface area contributed by atoms with E-state index in [-0.39, 0.29) is 0 Å². The summed E-state index contributed by atoms with van der Waals surface area (Å²) < 4.78 is 31.8. The number of carboxylic acids is 1. The molecule has 11 heavy (non-hydrogen) atoms. The predicted molar refractivity (Wildman–Crippen MR) is 32.7 cm³/mol. The zero-order valence-electron chi connectivity index (χ0n) is 4.95. The molecule has 2 nitrogen and oxygen atoms in total. The van der Waals surface area contributed by atoms with Crippen LogP contribution in [0.5, 0.6) is 0 Å². The van der Waals surface area contributed by atoms with Crippen molar-refractivity contribution in [2.24, 2.45) is 0 Å². The van der Waals surface area contributed by atoms with Crippen LogP contribution in [0.3, 0.4) is 0 Å². The number of halogens is 5. The Morgan fingerprint density at radius 2 is 1.73 bits per heavy atom. The molecular formula is C4H3Cl2F3O2. The van der Waals surface area contributed by atoms with E-state index >= 15 is 0 Å². The minimum Gasteiger partial charge on any atom is -0.481 e. The van der Waals surface area contributed by atoms with Gasteiger partial charge in [0.25, 0.3) is 0 Å². The first-order valence-corrected chi connectivity index (χ1v) is 3.09. The third kappa shape index (κ3) is 3.16. The van der Waals surface area contributed by atoms with Gasteiger partial charge in [0, 0.05) is 0 Å². The molecule has 0 rings (SSSR count). The highest BCUT2D eigenvalue weighted by Gasteiger charge is 2.53. The minimum absolute atomic E-state index is 1.36. The van der Waals surface area contributed by atoms with Crippen molar-refractivity contribution >= 4 is 29.2 Å². The van der Waals surface area contributed by atoms with Gasteiger partial charge in [-0.05, 0) is 0 Å². The molecule has 0 aromatic heterocycles. The highest BCUT2D eigenvalue weighted by molar-refractivity contribution is 6.49. The molecule has 0 heterocycles. The SMILES string of the molecule is O=C(O)CC(Cl)(Cl)C(F)(F)F. The summed E-state index contributed by atoms with van der Waals surface area (Å²) in [5.41, 5.74) is 0. The maximum Gasteiger partial charge on any atom is 0.422 e. The number of hydrogen-bond acceptors (Lipinski definition) is 1. The predicted octanol–water partition coefficient (Wildman–Crippen LogP) is 2.20. The van der Waals surface area contributed by atoms with Gasteiger partial charge in [0.05, 0.1) is 6.42 Å². The lowest BCUT2D eigenvalue weighted by molar-refractivity contribution is -0.157. The van der Waals surface area contributed by atoms with Gasteiger partial charge in [0.15, 0.2) is 0 Å². The van der Waals surface area contributed by atoms with Gasteiger partial charge < -0.3 is 5.11 Å². The minimum atomic E-state index is -4.92. The highest BCUT2D eigenvalue weighted by atomic mass is 35.5. The maximum absolute atomic E-state index is 11.7. The summed E-state index contributed by atoms with van der Waals surface area (Å²) in [6, 6.07) is 0. The molecule has 0 fully saturated rings. The molecule has 1 N–H and O–H groups in total. The molecule has 7 heteroatoms. The largest absolute Gasteiger partial charge is 0.481 e. The van der Waals surface area contributed by atoms with Crippen LogP contribution in [0.15, 0.2) is 0 Å². The van der Waals surface area contributed by atoms with Crippen molar-refractivity contribution in [3.63, 3.8) is 0 Å². The molecule has 0 aliphatic rings. The molecule has 0 atom stereocenters. The van der Waals surface area contributed by atoms with Crippen LogP contribution in [-0.2, 0) is 4.79 Å². The van der Waals surface area contributed by atoms with Crippen LogP contribution in [0.1, 0.15) is 6.42 Å². The molecule has 0 bridgehead atoms. The fourth-order valence-electron chi connectivity index (χ4n) is 0.290. The van der Waals surface area contributed by atoms with Crippen LogP contribution >= 0.6 is 23.2 Å². The highest BCUT2D eigenvalue weighted by Crippen LogP contribution is 2.42. The topological polar surface area (TPSA) is 37.3 Å². The third-order valence-electron chi connectivity index (χ3n) is 0.788. The zero-order valence-corrected chi connectivity index (χ0v) is 6.46. The number of alkyl halides is 5. The van der Waals surface area contributed by atoms with Gasteiger partial charge in [-0.15, -0.1) is 0 Å². The Labute approximate surface area is 69.9 Å². The molecule has 0 spiro atoms. The second-order valence-electron chi connectivity index (χ2n) is 1.77. The lowest BCUT2D eigenvalue weighted by Gasteiger charge is -2.20. The number of aliphatic carboxylic acids is 1. The first-order valence-electron chi connectivity index (χ1n) is 2.33. The molecular weight excluding hydrogens is 208 g/mol. The molecule has 0 aliphatic heterocycles. The van der Waals surface area contributed by atoms with E-state index in [1.165, 1.54) is 0 Å². The maximum atomic E-state index is 11.7. The summed E-state index contributed by atoms with van der Waals surface area (Å²) in [5, 5.41) is 7.94. The number of carbonyl (C=O) groups is 1. The normalized spacial score (nSPS) is 13.2. The Kier molecular flexibility index (Phi) is 3.02. The smallest absolute Gasteiger partial charge is 0.422 e. The molecule has 0 saturated heterocycles. The van der Waals surface area contributed by atoms with Gasteiger partial charge in [0.2, 0.25) is 4.33 Å². The number of carboxylic acid groups (broad SMARTS) is 1. The molecule has 0 unspecified atom stereocenters. The second-order valence-corrected chi connectivity index (χ2v) is 3.26. The fourth-order valence-corrected chi connectivity index (χ4v) is 0.519. The standard InChI is InChI=1S/C4H3Cl2F3O2/c5-3(6,1-2(10)11)4(7,8)9/h1H2,(H,10,11). The van der Waals surface area contributed by atoms with Crippen molar-refractivity contribution < 1.29 is 23.1 Å².